The molecule has 1 saturated heterocycles. The SMILES string of the molecule is CCOC(=O)c1c(-c2ccc(C)o2)csc1NC(=O)C[NH+]1CCCCC1. The minimum Gasteiger partial charge on any atom is -0.462 e. The number of carbonyl (C=O) groups excluding carboxylic acids is 2. The molecule has 3 heterocycles. The van der Waals surface area contributed by atoms with Crippen LogP contribution in [-0.4, -0.2) is 38.1 Å². The Morgan fingerprint density at radius 2 is 2.04 bits per heavy atom. The van der Waals surface area contributed by atoms with E-state index < -0.39 is 5.97 Å². The van der Waals surface area contributed by atoms with Crippen molar-refractivity contribution in [2.75, 3.05) is 31.6 Å². The molecule has 0 aromatic carbocycles. The van der Waals surface area contributed by atoms with Gasteiger partial charge in [-0.25, -0.2) is 4.79 Å². The van der Waals surface area contributed by atoms with Gasteiger partial charge in [0, 0.05) is 10.9 Å². The third kappa shape index (κ3) is 4.34. The van der Waals surface area contributed by atoms with Crippen LogP contribution >= 0.6 is 11.3 Å². The normalized spacial score (nSPS) is 15.0. The van der Waals surface area contributed by atoms with Crippen LogP contribution in [0.25, 0.3) is 11.3 Å². The van der Waals surface area contributed by atoms with Crippen LogP contribution in [0.1, 0.15) is 42.3 Å². The number of thiophene rings is 1. The van der Waals surface area contributed by atoms with E-state index in [9.17, 15) is 9.59 Å². The van der Waals surface area contributed by atoms with Crippen molar-refractivity contribution in [1.82, 2.24) is 0 Å². The van der Waals surface area contributed by atoms with E-state index in [0.29, 0.717) is 28.4 Å². The van der Waals surface area contributed by atoms with Crippen molar-refractivity contribution in [2.24, 2.45) is 0 Å². The van der Waals surface area contributed by atoms with Gasteiger partial charge in [0.2, 0.25) is 0 Å². The van der Waals surface area contributed by atoms with Gasteiger partial charge >= 0.3 is 5.97 Å². The van der Waals surface area contributed by atoms with Crippen LogP contribution in [0.3, 0.4) is 0 Å². The van der Waals surface area contributed by atoms with E-state index in [1.54, 1.807) is 6.92 Å². The number of aryl methyl sites for hydroxylation is 1. The monoisotopic (exact) mass is 377 g/mol. The van der Waals surface area contributed by atoms with Crippen molar-refractivity contribution in [1.29, 1.82) is 0 Å². The second kappa shape index (κ2) is 8.51. The Hall–Kier alpha value is -2.12. The van der Waals surface area contributed by atoms with Crippen LogP contribution < -0.4 is 10.2 Å². The smallest absolute Gasteiger partial charge is 0.341 e. The van der Waals surface area contributed by atoms with Crippen LogP contribution in [0.5, 0.6) is 0 Å². The fourth-order valence-corrected chi connectivity index (χ4v) is 4.20. The zero-order valence-electron chi connectivity index (χ0n) is 15.2. The standard InChI is InChI=1S/C19H24N2O4S/c1-3-24-19(23)17-14(15-8-7-13(2)25-15)12-26-18(17)20-16(22)11-21-9-5-4-6-10-21/h7-8,12H,3-6,9-11H2,1-2H3,(H,20,22)/p+1. The summed E-state index contributed by atoms with van der Waals surface area (Å²) < 4.78 is 10.9. The fraction of sp³-hybridized carbons (Fsp3) is 0.474. The third-order valence-corrected chi connectivity index (χ3v) is 5.40. The molecule has 2 aromatic heterocycles. The average Bonchev–Trinajstić information content (AvgIpc) is 3.22. The van der Waals surface area contributed by atoms with Gasteiger partial charge in [-0.2, -0.15) is 0 Å². The number of amides is 1. The molecule has 1 fully saturated rings. The number of esters is 1. The summed E-state index contributed by atoms with van der Waals surface area (Å²) in [6.45, 7) is 6.37. The summed E-state index contributed by atoms with van der Waals surface area (Å²) in [5.74, 6) is 0.846. The molecular formula is C19H25N2O4S+. The largest absolute Gasteiger partial charge is 0.462 e. The molecule has 0 radical (unpaired) electrons. The fourth-order valence-electron chi connectivity index (χ4n) is 3.24. The van der Waals surface area contributed by atoms with Crippen molar-refractivity contribution < 1.29 is 23.6 Å². The van der Waals surface area contributed by atoms with Crippen molar-refractivity contribution in [2.45, 2.75) is 33.1 Å². The summed E-state index contributed by atoms with van der Waals surface area (Å²) >= 11 is 1.32. The molecule has 0 bridgehead atoms. The number of hydrogen-bond donors (Lipinski definition) is 2. The maximum absolute atomic E-state index is 12.5. The second-order valence-electron chi connectivity index (χ2n) is 6.52. The van der Waals surface area contributed by atoms with Crippen LogP contribution in [0.2, 0.25) is 0 Å². The molecule has 7 heteroatoms. The van der Waals surface area contributed by atoms with Crippen LogP contribution in [0.15, 0.2) is 21.9 Å². The van der Waals surface area contributed by atoms with Gasteiger partial charge in [0.05, 0.1) is 19.7 Å². The van der Waals surface area contributed by atoms with Crippen molar-refractivity contribution in [3.05, 3.63) is 28.8 Å². The maximum Gasteiger partial charge on any atom is 0.341 e. The van der Waals surface area contributed by atoms with E-state index in [1.165, 1.54) is 22.7 Å². The zero-order chi connectivity index (χ0) is 18.5. The molecular weight excluding hydrogens is 352 g/mol. The molecule has 0 spiro atoms. The second-order valence-corrected chi connectivity index (χ2v) is 7.40. The van der Waals surface area contributed by atoms with E-state index in [2.05, 4.69) is 5.32 Å². The van der Waals surface area contributed by atoms with Gasteiger partial charge in [-0.1, -0.05) is 0 Å². The quantitative estimate of drug-likeness (QED) is 0.759. The van der Waals surface area contributed by atoms with Crippen molar-refractivity contribution in [3.8, 4) is 11.3 Å². The lowest BCUT2D eigenvalue weighted by Crippen LogP contribution is -3.13. The lowest BCUT2D eigenvalue weighted by atomic mass is 10.1. The predicted octanol–water partition coefficient (Wildman–Crippen LogP) is 2.50. The van der Waals surface area contributed by atoms with Gasteiger partial charge in [0.25, 0.3) is 5.91 Å². The summed E-state index contributed by atoms with van der Waals surface area (Å²) in [5.41, 5.74) is 1.02. The van der Waals surface area contributed by atoms with E-state index in [1.807, 2.05) is 24.4 Å². The lowest BCUT2D eigenvalue weighted by Gasteiger charge is -2.22. The number of rotatable bonds is 6. The summed E-state index contributed by atoms with van der Waals surface area (Å²) in [5, 5.41) is 5.26. The van der Waals surface area contributed by atoms with E-state index >= 15 is 0 Å². The number of nitrogens with one attached hydrogen (secondary N) is 2. The highest BCUT2D eigenvalue weighted by Crippen LogP contribution is 2.36. The van der Waals surface area contributed by atoms with E-state index in [-0.39, 0.29) is 12.5 Å². The van der Waals surface area contributed by atoms with Gasteiger partial charge < -0.3 is 19.4 Å². The average molecular weight is 377 g/mol. The topological polar surface area (TPSA) is 73.0 Å². The molecule has 26 heavy (non-hydrogen) atoms. The minimum atomic E-state index is -0.446. The zero-order valence-corrected chi connectivity index (χ0v) is 16.0. The number of carbonyl (C=O) groups is 2. The Morgan fingerprint density at radius 1 is 1.27 bits per heavy atom. The van der Waals surface area contributed by atoms with Gasteiger partial charge in [-0.15, -0.1) is 11.3 Å². The van der Waals surface area contributed by atoms with Crippen LogP contribution in [-0.2, 0) is 9.53 Å². The van der Waals surface area contributed by atoms with Crippen LogP contribution in [0, 0.1) is 6.92 Å². The Kier molecular flexibility index (Phi) is 6.11. The third-order valence-electron chi connectivity index (χ3n) is 4.50. The number of anilines is 1. The van der Waals surface area contributed by atoms with E-state index in [4.69, 9.17) is 9.15 Å². The van der Waals surface area contributed by atoms with Gasteiger partial charge in [0.15, 0.2) is 6.54 Å². The number of furan rings is 1. The lowest BCUT2D eigenvalue weighted by molar-refractivity contribution is -0.896. The number of piperidine rings is 1. The first-order valence-electron chi connectivity index (χ1n) is 9.07. The first kappa shape index (κ1) is 18.7. The highest BCUT2D eigenvalue weighted by atomic mass is 32.1. The Morgan fingerprint density at radius 3 is 2.69 bits per heavy atom. The highest BCUT2D eigenvalue weighted by Gasteiger charge is 2.25. The van der Waals surface area contributed by atoms with Crippen LogP contribution in [0.4, 0.5) is 5.00 Å². The van der Waals surface area contributed by atoms with Crippen molar-refractivity contribution >= 4 is 28.2 Å². The Balaban J connectivity index is 1.80. The predicted molar refractivity (Wildman–Crippen MR) is 101 cm³/mol. The van der Waals surface area contributed by atoms with Gasteiger partial charge in [-0.05, 0) is 45.2 Å². The first-order chi connectivity index (χ1) is 12.6. The number of quaternary nitrogens is 1. The first-order valence-corrected chi connectivity index (χ1v) is 9.95. The Labute approximate surface area is 157 Å². The summed E-state index contributed by atoms with van der Waals surface area (Å²) in [6.07, 6.45) is 3.57. The number of hydrogen-bond acceptors (Lipinski definition) is 5. The van der Waals surface area contributed by atoms with Gasteiger partial charge in [-0.3, -0.25) is 4.79 Å². The molecule has 1 aliphatic rings. The molecule has 140 valence electrons. The van der Waals surface area contributed by atoms with E-state index in [0.717, 1.165) is 31.7 Å². The molecule has 0 unspecified atom stereocenters. The Bertz CT molecular complexity index is 774. The molecule has 2 N–H and O–H groups in total. The number of ether oxygens (including phenoxy) is 1. The number of likely N-dealkylation sites (tertiary alicyclic amines) is 1. The summed E-state index contributed by atoms with van der Waals surface area (Å²) in [4.78, 5) is 26.2. The molecule has 2 aromatic rings. The molecule has 0 saturated carbocycles. The minimum absolute atomic E-state index is 0.0727. The van der Waals surface area contributed by atoms with Crippen molar-refractivity contribution in [3.63, 3.8) is 0 Å². The molecule has 0 aliphatic carbocycles. The summed E-state index contributed by atoms with van der Waals surface area (Å²) in [7, 11) is 0. The molecule has 6 nitrogen and oxygen atoms in total. The van der Waals surface area contributed by atoms with Gasteiger partial charge in [0.1, 0.15) is 22.1 Å². The highest BCUT2D eigenvalue weighted by molar-refractivity contribution is 7.15. The maximum atomic E-state index is 12.5. The molecule has 1 aliphatic heterocycles. The molecule has 3 rings (SSSR count). The summed E-state index contributed by atoms with van der Waals surface area (Å²) in [6, 6.07) is 3.67. The molecule has 0 atom stereocenters. The molecule has 1 amide bonds.